The van der Waals surface area contributed by atoms with Crippen LogP contribution in [0, 0.1) is 0 Å². The summed E-state index contributed by atoms with van der Waals surface area (Å²) in [6.45, 7) is 0. The average Bonchev–Trinajstić information content (AvgIpc) is 2.47. The lowest BCUT2D eigenvalue weighted by atomic mass is 9.96. The number of rotatable bonds is 3. The minimum Gasteiger partial charge on any atom is -0.383 e. The van der Waals surface area contributed by atoms with Crippen LogP contribution in [0.4, 0.5) is 5.82 Å². The molecule has 0 amide bonds. The molecule has 104 valence electrons. The fourth-order valence-electron chi connectivity index (χ4n) is 2.42. The molecule has 0 saturated heterocycles. The molecule has 1 aromatic heterocycles. The molecule has 0 radical (unpaired) electrons. The van der Waals surface area contributed by atoms with E-state index in [1.54, 1.807) is 11.8 Å². The van der Waals surface area contributed by atoms with Crippen LogP contribution in [0.2, 0.25) is 0 Å². The number of fused-ring (bicyclic) bond motifs is 1. The molecule has 0 atom stereocenters. The number of anilines is 1. The van der Waals surface area contributed by atoms with E-state index in [1.807, 2.05) is 12.1 Å². The molecule has 0 spiro atoms. The van der Waals surface area contributed by atoms with E-state index in [0.717, 1.165) is 34.6 Å². The molecular weight excluding hydrogens is 334 g/mol. The summed E-state index contributed by atoms with van der Waals surface area (Å²) in [6.07, 6.45) is 4.48. The van der Waals surface area contributed by atoms with Crippen molar-refractivity contribution in [2.75, 3.05) is 5.73 Å². The topological polar surface area (TPSA) is 51.8 Å². The number of hydrogen-bond donors (Lipinski definition) is 1. The molecule has 3 rings (SSSR count). The summed E-state index contributed by atoms with van der Waals surface area (Å²) in [5.41, 5.74) is 8.40. The van der Waals surface area contributed by atoms with Gasteiger partial charge in [0.25, 0.3) is 0 Å². The van der Waals surface area contributed by atoms with E-state index in [4.69, 9.17) is 5.73 Å². The molecule has 20 heavy (non-hydrogen) atoms. The van der Waals surface area contributed by atoms with Crippen molar-refractivity contribution in [3.05, 3.63) is 45.8 Å². The Morgan fingerprint density at radius 1 is 1.10 bits per heavy atom. The summed E-state index contributed by atoms with van der Waals surface area (Å²) in [5.74, 6) is 2.29. The highest BCUT2D eigenvalue weighted by Crippen LogP contribution is 2.27. The number of nitrogens with zero attached hydrogens (tertiary/aromatic N) is 2. The monoisotopic (exact) mass is 349 g/mol. The number of hydrogen-bond acceptors (Lipinski definition) is 4. The summed E-state index contributed by atoms with van der Waals surface area (Å²) >= 11 is 5.18. The van der Waals surface area contributed by atoms with Gasteiger partial charge in [-0.3, -0.25) is 0 Å². The summed E-state index contributed by atoms with van der Waals surface area (Å²) in [6, 6.07) is 8.28. The molecule has 5 heteroatoms. The second-order valence-electron chi connectivity index (χ2n) is 4.90. The largest absolute Gasteiger partial charge is 0.383 e. The Bertz CT molecular complexity index is 613. The van der Waals surface area contributed by atoms with Crippen molar-refractivity contribution in [1.82, 2.24) is 9.97 Å². The lowest BCUT2D eigenvalue weighted by Gasteiger charge is -2.17. The summed E-state index contributed by atoms with van der Waals surface area (Å²) in [7, 11) is 0. The van der Waals surface area contributed by atoms with Crippen LogP contribution >= 0.6 is 27.7 Å². The standard InChI is InChI=1S/C15H16BrN3S/c16-10-5-7-11(8-6-10)20-9-14-18-13-4-2-1-3-12(13)15(17)19-14/h5-8H,1-4,9H2,(H2,17,18,19). The van der Waals surface area contributed by atoms with Crippen LogP contribution in [0.1, 0.15) is 29.9 Å². The maximum atomic E-state index is 6.06. The number of nitrogen functional groups attached to an aromatic ring is 1. The quantitative estimate of drug-likeness (QED) is 0.851. The van der Waals surface area contributed by atoms with Crippen molar-refractivity contribution < 1.29 is 0 Å². The van der Waals surface area contributed by atoms with Crippen LogP contribution in [0.3, 0.4) is 0 Å². The van der Waals surface area contributed by atoms with Crippen LogP contribution in [0.25, 0.3) is 0 Å². The molecule has 1 aliphatic rings. The van der Waals surface area contributed by atoms with Gasteiger partial charge in [0.2, 0.25) is 0 Å². The first-order valence-corrected chi connectivity index (χ1v) is 8.53. The van der Waals surface area contributed by atoms with Gasteiger partial charge in [0.05, 0.1) is 5.75 Å². The third-order valence-electron chi connectivity index (χ3n) is 3.44. The minimum absolute atomic E-state index is 0.682. The van der Waals surface area contributed by atoms with Crippen molar-refractivity contribution in [2.45, 2.75) is 36.3 Å². The van der Waals surface area contributed by atoms with Crippen LogP contribution < -0.4 is 5.73 Å². The minimum atomic E-state index is 0.682. The normalized spacial score (nSPS) is 14.1. The molecule has 1 heterocycles. The van der Waals surface area contributed by atoms with E-state index in [9.17, 15) is 0 Å². The van der Waals surface area contributed by atoms with E-state index in [0.29, 0.717) is 5.82 Å². The van der Waals surface area contributed by atoms with Crippen LogP contribution in [0.5, 0.6) is 0 Å². The lowest BCUT2D eigenvalue weighted by molar-refractivity contribution is 0.660. The zero-order valence-electron chi connectivity index (χ0n) is 11.1. The van der Waals surface area contributed by atoms with Crippen LogP contribution in [-0.4, -0.2) is 9.97 Å². The molecule has 2 N–H and O–H groups in total. The van der Waals surface area contributed by atoms with Crippen LogP contribution in [0.15, 0.2) is 33.6 Å². The Morgan fingerprint density at radius 3 is 2.65 bits per heavy atom. The van der Waals surface area contributed by atoms with Gasteiger partial charge >= 0.3 is 0 Å². The fourth-order valence-corrected chi connectivity index (χ4v) is 3.44. The molecule has 0 unspecified atom stereocenters. The summed E-state index contributed by atoms with van der Waals surface area (Å²) in [5, 5.41) is 0. The Kier molecular flexibility index (Phi) is 4.27. The number of thioether (sulfide) groups is 1. The smallest absolute Gasteiger partial charge is 0.141 e. The molecule has 1 aliphatic carbocycles. The van der Waals surface area contributed by atoms with Crippen molar-refractivity contribution in [2.24, 2.45) is 0 Å². The van der Waals surface area contributed by atoms with Gasteiger partial charge < -0.3 is 5.73 Å². The highest BCUT2D eigenvalue weighted by atomic mass is 79.9. The average molecular weight is 350 g/mol. The predicted octanol–water partition coefficient (Wildman–Crippen LogP) is 3.99. The van der Waals surface area contributed by atoms with Crippen molar-refractivity contribution in [3.8, 4) is 0 Å². The Hall–Kier alpha value is -1.07. The molecule has 3 nitrogen and oxygen atoms in total. The van der Waals surface area contributed by atoms with Gasteiger partial charge in [0.15, 0.2) is 0 Å². The molecule has 0 fully saturated rings. The molecule has 1 aromatic carbocycles. The zero-order valence-corrected chi connectivity index (χ0v) is 13.5. The molecule has 0 saturated carbocycles. The number of nitrogens with two attached hydrogens (primary N) is 1. The Labute approximate surface area is 131 Å². The predicted molar refractivity (Wildman–Crippen MR) is 86.8 cm³/mol. The second-order valence-corrected chi connectivity index (χ2v) is 6.86. The van der Waals surface area contributed by atoms with Gasteiger partial charge in [-0.05, 0) is 49.9 Å². The first-order valence-electron chi connectivity index (χ1n) is 6.75. The van der Waals surface area contributed by atoms with Gasteiger partial charge in [-0.2, -0.15) is 0 Å². The third kappa shape index (κ3) is 3.15. The van der Waals surface area contributed by atoms with E-state index >= 15 is 0 Å². The molecule has 0 aliphatic heterocycles. The van der Waals surface area contributed by atoms with Gasteiger partial charge in [0, 0.05) is 20.6 Å². The van der Waals surface area contributed by atoms with E-state index in [2.05, 4.69) is 38.0 Å². The van der Waals surface area contributed by atoms with Crippen LogP contribution in [-0.2, 0) is 18.6 Å². The van der Waals surface area contributed by atoms with Crippen molar-refractivity contribution in [1.29, 1.82) is 0 Å². The zero-order chi connectivity index (χ0) is 13.9. The van der Waals surface area contributed by atoms with Gasteiger partial charge in [-0.1, -0.05) is 15.9 Å². The summed E-state index contributed by atoms with van der Waals surface area (Å²) in [4.78, 5) is 10.4. The van der Waals surface area contributed by atoms with Gasteiger partial charge in [0.1, 0.15) is 11.6 Å². The molecule has 2 aromatic rings. The van der Waals surface area contributed by atoms with Crippen molar-refractivity contribution in [3.63, 3.8) is 0 Å². The highest BCUT2D eigenvalue weighted by Gasteiger charge is 2.16. The van der Waals surface area contributed by atoms with Crippen molar-refractivity contribution >= 4 is 33.5 Å². The third-order valence-corrected chi connectivity index (χ3v) is 4.98. The first kappa shape index (κ1) is 13.9. The molecule has 0 bridgehead atoms. The Morgan fingerprint density at radius 2 is 1.85 bits per heavy atom. The number of aryl methyl sites for hydroxylation is 1. The van der Waals surface area contributed by atoms with E-state index in [-0.39, 0.29) is 0 Å². The maximum Gasteiger partial charge on any atom is 0.141 e. The fraction of sp³-hybridized carbons (Fsp3) is 0.333. The lowest BCUT2D eigenvalue weighted by Crippen LogP contribution is -2.12. The number of aromatic nitrogens is 2. The number of halogens is 1. The summed E-state index contributed by atoms with van der Waals surface area (Å²) < 4.78 is 1.09. The number of benzene rings is 1. The van der Waals surface area contributed by atoms with E-state index in [1.165, 1.54) is 23.3 Å². The van der Waals surface area contributed by atoms with Gasteiger partial charge in [-0.15, -0.1) is 11.8 Å². The second kappa shape index (κ2) is 6.14. The van der Waals surface area contributed by atoms with Gasteiger partial charge in [-0.25, -0.2) is 9.97 Å². The highest BCUT2D eigenvalue weighted by molar-refractivity contribution is 9.10. The first-order chi connectivity index (χ1) is 9.72. The molecular formula is C15H16BrN3S. The Balaban J connectivity index is 1.74. The maximum absolute atomic E-state index is 6.06. The van der Waals surface area contributed by atoms with E-state index < -0.39 is 0 Å². The SMILES string of the molecule is Nc1nc(CSc2ccc(Br)cc2)nc2c1CCCC2.